The van der Waals surface area contributed by atoms with Crippen LogP contribution >= 0.6 is 0 Å². The van der Waals surface area contributed by atoms with Crippen LogP contribution in [-0.2, 0) is 4.79 Å². The molecule has 0 fully saturated rings. The van der Waals surface area contributed by atoms with E-state index in [0.29, 0.717) is 5.57 Å². The number of hydrogen-bond donors (Lipinski definition) is 1. The average molecular weight is 137 g/mol. The first kappa shape index (κ1) is 6.74. The summed E-state index contributed by atoms with van der Waals surface area (Å²) in [6.45, 7) is 5.35. The molecule has 10 heavy (non-hydrogen) atoms. The lowest BCUT2D eigenvalue weighted by molar-refractivity contribution is -0.129. The van der Waals surface area contributed by atoms with Crippen LogP contribution in [0.5, 0.6) is 0 Å². The molecule has 0 aromatic rings. The van der Waals surface area contributed by atoms with Gasteiger partial charge in [0, 0.05) is 11.8 Å². The van der Waals surface area contributed by atoms with Crippen molar-refractivity contribution in [1.29, 1.82) is 0 Å². The lowest BCUT2D eigenvalue weighted by Crippen LogP contribution is -2.20. The highest BCUT2D eigenvalue weighted by Gasteiger charge is 2.20. The van der Waals surface area contributed by atoms with Crippen molar-refractivity contribution in [2.24, 2.45) is 4.99 Å². The normalized spacial score (nSPS) is 14.9. The molecule has 3 nitrogen and oxygen atoms in total. The Morgan fingerprint density at radius 2 is 2.40 bits per heavy atom. The topological polar surface area (TPSA) is 49.7 Å². The smallest absolute Gasteiger partial charge is 0.355 e. The van der Waals surface area contributed by atoms with Crippen molar-refractivity contribution < 1.29 is 9.90 Å². The zero-order valence-electron chi connectivity index (χ0n) is 5.59. The number of carboxylic acids is 1. The Kier molecular flexibility index (Phi) is 1.41. The minimum atomic E-state index is -0.986. The zero-order valence-corrected chi connectivity index (χ0v) is 5.59. The number of carbonyl (C=O) groups is 1. The first-order valence-corrected chi connectivity index (χ1v) is 2.80. The number of nitrogens with zero attached hydrogens (tertiary/aromatic N) is 1. The van der Waals surface area contributed by atoms with E-state index in [1.165, 1.54) is 6.20 Å². The summed E-state index contributed by atoms with van der Waals surface area (Å²) in [6.07, 6.45) is 1.51. The van der Waals surface area contributed by atoms with Crippen LogP contribution in [0.25, 0.3) is 0 Å². The van der Waals surface area contributed by atoms with E-state index in [1.807, 2.05) is 0 Å². The molecule has 3 heteroatoms. The third kappa shape index (κ3) is 0.857. The second-order valence-electron chi connectivity index (χ2n) is 2.11. The Balaban J connectivity index is 2.73. The highest BCUT2D eigenvalue weighted by molar-refractivity contribution is 6.45. The maximum Gasteiger partial charge on any atom is 0.355 e. The van der Waals surface area contributed by atoms with Gasteiger partial charge in [-0.15, -0.1) is 0 Å². The van der Waals surface area contributed by atoms with E-state index in [0.717, 1.165) is 5.57 Å². The predicted molar refractivity (Wildman–Crippen MR) is 38.0 cm³/mol. The second kappa shape index (κ2) is 2.10. The van der Waals surface area contributed by atoms with Gasteiger partial charge in [-0.05, 0) is 12.5 Å². The highest BCUT2D eigenvalue weighted by Crippen LogP contribution is 2.17. The van der Waals surface area contributed by atoms with Gasteiger partial charge >= 0.3 is 5.97 Å². The Hall–Kier alpha value is -1.38. The fourth-order valence-corrected chi connectivity index (χ4v) is 0.676. The van der Waals surface area contributed by atoms with Crippen molar-refractivity contribution >= 4 is 11.7 Å². The van der Waals surface area contributed by atoms with E-state index in [1.54, 1.807) is 6.92 Å². The fraction of sp³-hybridized carbons (Fsp3) is 0.143. The van der Waals surface area contributed by atoms with Gasteiger partial charge in [-0.25, -0.2) is 9.79 Å². The maximum atomic E-state index is 10.3. The molecule has 52 valence electrons. The van der Waals surface area contributed by atoms with E-state index in [2.05, 4.69) is 11.6 Å². The highest BCUT2D eigenvalue weighted by atomic mass is 16.4. The van der Waals surface area contributed by atoms with E-state index in [9.17, 15) is 4.79 Å². The van der Waals surface area contributed by atoms with Gasteiger partial charge in [-0.2, -0.15) is 0 Å². The minimum Gasteiger partial charge on any atom is -0.476 e. The Morgan fingerprint density at radius 1 is 1.80 bits per heavy atom. The maximum absolute atomic E-state index is 10.3. The summed E-state index contributed by atoms with van der Waals surface area (Å²) in [5, 5.41) is 8.44. The molecule has 1 heterocycles. The SMILES string of the molecule is C=C(C)C1=CN=C1C(=O)O. The molecular formula is C7H7NO2. The van der Waals surface area contributed by atoms with E-state index < -0.39 is 5.97 Å². The number of rotatable bonds is 2. The lowest BCUT2D eigenvalue weighted by atomic mass is 10.0. The van der Waals surface area contributed by atoms with Crippen LogP contribution in [0, 0.1) is 0 Å². The summed E-state index contributed by atoms with van der Waals surface area (Å²) in [4.78, 5) is 13.8. The number of allylic oxidation sites excluding steroid dienone is 1. The average Bonchev–Trinajstić information content (AvgIpc) is 1.56. The van der Waals surface area contributed by atoms with Crippen LogP contribution in [0.15, 0.2) is 28.9 Å². The van der Waals surface area contributed by atoms with Gasteiger partial charge < -0.3 is 5.11 Å². The lowest BCUT2D eigenvalue weighted by Gasteiger charge is -2.11. The first-order valence-electron chi connectivity index (χ1n) is 2.80. The molecule has 1 rings (SSSR count). The quantitative estimate of drug-likeness (QED) is 0.616. The van der Waals surface area contributed by atoms with Gasteiger partial charge in [-0.3, -0.25) is 0 Å². The number of aliphatic carboxylic acids is 1. The Morgan fingerprint density at radius 3 is 2.50 bits per heavy atom. The van der Waals surface area contributed by atoms with Gasteiger partial charge in [0.05, 0.1) is 0 Å². The van der Waals surface area contributed by atoms with E-state index >= 15 is 0 Å². The molecular weight excluding hydrogens is 130 g/mol. The first-order chi connectivity index (χ1) is 4.63. The molecule has 0 aromatic carbocycles. The number of hydrogen-bond acceptors (Lipinski definition) is 2. The van der Waals surface area contributed by atoms with Crippen molar-refractivity contribution in [3.05, 3.63) is 23.9 Å². The van der Waals surface area contributed by atoms with Crippen molar-refractivity contribution in [3.8, 4) is 0 Å². The Labute approximate surface area is 58.4 Å². The summed E-state index contributed by atoms with van der Waals surface area (Å²) < 4.78 is 0. The third-order valence-corrected chi connectivity index (χ3v) is 1.24. The molecule has 1 aliphatic heterocycles. The molecule has 0 bridgehead atoms. The zero-order chi connectivity index (χ0) is 7.72. The number of aliphatic imine (C=N–C) groups is 1. The van der Waals surface area contributed by atoms with Gasteiger partial charge in [0.15, 0.2) is 5.71 Å². The molecule has 0 radical (unpaired) electrons. The predicted octanol–water partition coefficient (Wildman–Crippen LogP) is 0.986. The molecule has 0 atom stereocenters. The van der Waals surface area contributed by atoms with Crippen LogP contribution in [0.1, 0.15) is 6.92 Å². The van der Waals surface area contributed by atoms with Crippen molar-refractivity contribution in [2.45, 2.75) is 6.92 Å². The van der Waals surface area contributed by atoms with Crippen LogP contribution in [-0.4, -0.2) is 16.8 Å². The monoisotopic (exact) mass is 137 g/mol. The summed E-state index contributed by atoms with van der Waals surface area (Å²) in [5.41, 5.74) is 1.51. The van der Waals surface area contributed by atoms with Crippen LogP contribution in [0.3, 0.4) is 0 Å². The summed E-state index contributed by atoms with van der Waals surface area (Å²) >= 11 is 0. The van der Waals surface area contributed by atoms with Gasteiger partial charge in [0.1, 0.15) is 0 Å². The largest absolute Gasteiger partial charge is 0.476 e. The van der Waals surface area contributed by atoms with Gasteiger partial charge in [0.2, 0.25) is 0 Å². The standard InChI is InChI=1S/C7H7NO2/c1-4(2)5-3-8-6(5)7(9)10/h3H,1H2,2H3,(H,9,10). The molecule has 0 aromatic heterocycles. The van der Waals surface area contributed by atoms with Crippen LogP contribution < -0.4 is 0 Å². The second-order valence-corrected chi connectivity index (χ2v) is 2.11. The molecule has 0 amide bonds. The van der Waals surface area contributed by atoms with Crippen LogP contribution in [0.2, 0.25) is 0 Å². The summed E-state index contributed by atoms with van der Waals surface area (Å²) in [5.74, 6) is -0.986. The third-order valence-electron chi connectivity index (χ3n) is 1.24. The van der Waals surface area contributed by atoms with Crippen LogP contribution in [0.4, 0.5) is 0 Å². The summed E-state index contributed by atoms with van der Waals surface area (Å²) in [7, 11) is 0. The van der Waals surface area contributed by atoms with Crippen molar-refractivity contribution in [1.82, 2.24) is 0 Å². The van der Waals surface area contributed by atoms with Gasteiger partial charge in [-0.1, -0.05) is 6.58 Å². The molecule has 0 aliphatic carbocycles. The fourth-order valence-electron chi connectivity index (χ4n) is 0.676. The van der Waals surface area contributed by atoms with Crippen molar-refractivity contribution in [3.63, 3.8) is 0 Å². The van der Waals surface area contributed by atoms with Gasteiger partial charge in [0.25, 0.3) is 0 Å². The Bertz CT molecular complexity index is 233. The molecule has 1 aliphatic rings. The van der Waals surface area contributed by atoms with Crippen molar-refractivity contribution in [2.75, 3.05) is 0 Å². The number of carboxylic acid groups (broad SMARTS) is 1. The molecule has 0 saturated heterocycles. The minimum absolute atomic E-state index is 0.118. The summed E-state index contributed by atoms with van der Waals surface area (Å²) in [6, 6.07) is 0. The molecule has 0 unspecified atom stereocenters. The molecule has 0 spiro atoms. The molecule has 0 saturated carbocycles. The van der Waals surface area contributed by atoms with E-state index in [4.69, 9.17) is 5.11 Å². The molecule has 1 N–H and O–H groups in total. The van der Waals surface area contributed by atoms with E-state index in [-0.39, 0.29) is 5.71 Å².